The Kier molecular flexibility index (Phi) is 0.885. The Balaban J connectivity index is 2.94. The second-order valence-electron chi connectivity index (χ2n) is 1.71. The van der Waals surface area contributed by atoms with E-state index < -0.39 is 0 Å². The third-order valence-corrected chi connectivity index (χ3v) is 1.40. The number of halogens is 1. The fourth-order valence-corrected chi connectivity index (χ4v) is 0.873. The van der Waals surface area contributed by atoms with Crippen LogP contribution in [0.3, 0.4) is 0 Å². The van der Waals surface area contributed by atoms with E-state index in [9.17, 15) is 0 Å². The Morgan fingerprint density at radius 3 is 3.20 bits per heavy atom. The molecule has 0 aliphatic heterocycles. The fourth-order valence-electron chi connectivity index (χ4n) is 0.696. The van der Waals surface area contributed by atoms with Gasteiger partial charge in [0.05, 0.1) is 6.33 Å². The molecule has 2 heterocycles. The first-order valence-electron chi connectivity index (χ1n) is 3.06. The van der Waals surface area contributed by atoms with E-state index in [1.54, 1.807) is 0 Å². The topological polar surface area (TPSA) is 54.5 Å². The molecule has 0 saturated carbocycles. The number of rotatable bonds is 0. The molecule has 2 aromatic heterocycles. The quantitative estimate of drug-likeness (QED) is 0.578. The second-order valence-corrected chi connectivity index (χ2v) is 2.07. The molecule has 1 N–H and O–H groups in total. The van der Waals surface area contributed by atoms with E-state index in [2.05, 4.69) is 15.0 Å². The molecule has 50 valence electrons. The summed E-state index contributed by atoms with van der Waals surface area (Å²) in [5.41, 5.74) is 0.883. The average Bonchev–Trinajstić information content (AvgIpc) is 2.35. The van der Waals surface area contributed by atoms with Gasteiger partial charge >= 0.3 is 0 Å². The van der Waals surface area contributed by atoms with Crippen LogP contribution in [0.15, 0.2) is 12.7 Å². The van der Waals surface area contributed by atoms with Crippen LogP contribution in [0.5, 0.6) is 0 Å². The van der Waals surface area contributed by atoms with Gasteiger partial charge in [-0.3, -0.25) is 0 Å². The molecule has 0 radical (unpaired) electrons. The number of imidazole rings is 1. The highest BCUT2D eigenvalue weighted by Gasteiger charge is 2.00. The summed E-state index contributed by atoms with van der Waals surface area (Å²) in [6.07, 6.45) is 2.63. The van der Waals surface area contributed by atoms with E-state index >= 15 is 0 Å². The van der Waals surface area contributed by atoms with Crippen LogP contribution in [0.25, 0.3) is 11.2 Å². The summed E-state index contributed by atoms with van der Waals surface area (Å²) in [6.45, 7) is 0. The summed E-state index contributed by atoms with van der Waals surface area (Å²) >= 11 is 5.66. The molecule has 0 bridgehead atoms. The van der Waals surface area contributed by atoms with Crippen LogP contribution in [0.4, 0.5) is 0 Å². The predicted octanol–water partition coefficient (Wildman–Crippen LogP) is 1.01. The molecule has 0 spiro atoms. The molecule has 2 rings (SSSR count). The molecule has 0 aliphatic rings. The lowest BCUT2D eigenvalue weighted by Crippen LogP contribution is -1.80. The van der Waals surface area contributed by atoms with Crippen LogP contribution >= 0.6 is 11.6 Å². The van der Waals surface area contributed by atoms with Crippen molar-refractivity contribution >= 4 is 22.8 Å². The molecule has 10 heavy (non-hydrogen) atoms. The molecule has 0 atom stereocenters. The van der Waals surface area contributed by atoms with Crippen molar-refractivity contribution in [1.29, 1.82) is 0 Å². The molecule has 0 saturated heterocycles. The molecule has 0 amide bonds. The third-order valence-electron chi connectivity index (χ3n) is 1.13. The first-order valence-corrected chi connectivity index (χ1v) is 2.99. The summed E-state index contributed by atoms with van der Waals surface area (Å²) in [4.78, 5) is 12.4. The normalized spacial score (nSPS) is 11.9. The van der Waals surface area contributed by atoms with E-state index in [4.69, 9.17) is 13.0 Å². The lowest BCUT2D eigenvalue weighted by molar-refractivity contribution is 1.20. The summed E-state index contributed by atoms with van der Waals surface area (Å²) in [5, 5.41) is 0.279. The first kappa shape index (κ1) is 4.62. The van der Waals surface area contributed by atoms with Crippen molar-refractivity contribution in [1.82, 2.24) is 19.9 Å². The average molecular weight is 156 g/mol. The van der Waals surface area contributed by atoms with Crippen LogP contribution in [-0.2, 0) is 0 Å². The van der Waals surface area contributed by atoms with Crippen molar-refractivity contribution in [3.63, 3.8) is 0 Å². The molecule has 0 aromatic carbocycles. The summed E-state index contributed by atoms with van der Waals surface area (Å²) < 4.78 is 7.25. The number of aromatic amines is 1. The highest BCUT2D eigenvalue weighted by molar-refractivity contribution is 6.33. The molecular weight excluding hydrogens is 152 g/mol. The van der Waals surface area contributed by atoms with Crippen LogP contribution in [0.2, 0.25) is 6.56 Å². The Hall–Kier alpha value is -1.16. The monoisotopic (exact) mass is 155 g/mol. The van der Waals surface area contributed by atoms with Crippen molar-refractivity contribution in [3.8, 4) is 0 Å². The Labute approximate surface area is 62.7 Å². The molecule has 4 nitrogen and oxygen atoms in total. The van der Waals surface area contributed by atoms with Crippen LogP contribution < -0.4 is 0 Å². The maximum Gasteiger partial charge on any atom is 0.169 e. The predicted molar refractivity (Wildman–Crippen MR) is 36.7 cm³/mol. The SMILES string of the molecule is [2H]n1cnc2c(Cl)ncnc21. The van der Waals surface area contributed by atoms with Crippen LogP contribution in [0, 0.1) is 0 Å². The number of nitrogens with one attached hydrogen (secondary N) is 1. The summed E-state index contributed by atoms with van der Waals surface area (Å²) in [7, 11) is 0. The van der Waals surface area contributed by atoms with Gasteiger partial charge in [-0.25, -0.2) is 15.0 Å². The smallest absolute Gasteiger partial charge is 0.169 e. The molecular formula is C5H3ClN4. The standard InChI is InChI=1S/C5H3ClN4/c6-4-3-5(9-1-7-3)10-2-8-4/h1-2H,(H,7,8,9,10)/i/hD. The Bertz CT molecular complexity index is 398. The van der Waals surface area contributed by atoms with E-state index in [0.717, 1.165) is 4.98 Å². The van der Waals surface area contributed by atoms with E-state index in [0.29, 0.717) is 11.2 Å². The molecule has 0 aliphatic carbocycles. The van der Waals surface area contributed by atoms with Crippen LogP contribution in [-0.4, -0.2) is 19.9 Å². The van der Waals surface area contributed by atoms with Gasteiger partial charge < -0.3 is 4.98 Å². The Morgan fingerprint density at radius 1 is 1.50 bits per heavy atom. The third kappa shape index (κ3) is 0.657. The van der Waals surface area contributed by atoms with Gasteiger partial charge in [0.2, 0.25) is 0 Å². The van der Waals surface area contributed by atoms with Gasteiger partial charge in [-0.2, -0.15) is 0 Å². The number of hydrogen-bond donors (Lipinski definition) is 1. The molecule has 0 fully saturated rings. The van der Waals surface area contributed by atoms with Gasteiger partial charge in [-0.15, -0.1) is 0 Å². The van der Waals surface area contributed by atoms with E-state index in [1.165, 1.54) is 12.7 Å². The van der Waals surface area contributed by atoms with Gasteiger partial charge in [-0.1, -0.05) is 11.6 Å². The minimum absolute atomic E-state index is 0.279. The van der Waals surface area contributed by atoms with Crippen molar-refractivity contribution in [2.75, 3.05) is 0 Å². The number of fused-ring (bicyclic) bond motifs is 1. The lowest BCUT2D eigenvalue weighted by atomic mass is 10.6. The first-order chi connectivity index (χ1) is 5.29. The molecule has 2 aromatic rings. The van der Waals surface area contributed by atoms with Crippen molar-refractivity contribution in [3.05, 3.63) is 17.8 Å². The number of nitrogens with zero attached hydrogens (tertiary/aromatic N) is 3. The van der Waals surface area contributed by atoms with Gasteiger partial charge in [-0.05, 0) is 0 Å². The van der Waals surface area contributed by atoms with Gasteiger partial charge in [0.1, 0.15) is 11.8 Å². The number of H-pyrrole nitrogens is 1. The highest BCUT2D eigenvalue weighted by Crippen LogP contribution is 2.13. The largest absolute Gasteiger partial charge is 0.329 e. The van der Waals surface area contributed by atoms with Crippen molar-refractivity contribution in [2.45, 2.75) is 0 Å². The van der Waals surface area contributed by atoms with E-state index in [-0.39, 0.29) is 5.15 Å². The Morgan fingerprint density at radius 2 is 2.40 bits per heavy atom. The van der Waals surface area contributed by atoms with Crippen molar-refractivity contribution < 1.29 is 1.41 Å². The molecule has 5 heteroatoms. The minimum Gasteiger partial charge on any atom is -0.329 e. The van der Waals surface area contributed by atoms with Crippen molar-refractivity contribution in [2.24, 2.45) is 0 Å². The fraction of sp³-hybridized carbons (Fsp3) is 0. The van der Waals surface area contributed by atoms with Gasteiger partial charge in [0.15, 0.2) is 12.2 Å². The highest BCUT2D eigenvalue weighted by atomic mass is 35.5. The van der Waals surface area contributed by atoms with Gasteiger partial charge in [0.25, 0.3) is 0 Å². The van der Waals surface area contributed by atoms with Gasteiger partial charge in [0, 0.05) is 0 Å². The zero-order valence-electron chi connectivity index (χ0n) is 5.82. The van der Waals surface area contributed by atoms with E-state index in [1.807, 2.05) is 0 Å². The maximum atomic E-state index is 7.25. The summed E-state index contributed by atoms with van der Waals surface area (Å²) in [6, 6.07) is 0. The van der Waals surface area contributed by atoms with Crippen LogP contribution in [0.1, 0.15) is 0 Å². The number of aromatic nitrogens is 4. The lowest BCUT2D eigenvalue weighted by Gasteiger charge is -1.86. The molecule has 0 unspecified atom stereocenters. The second kappa shape index (κ2) is 1.91. The maximum absolute atomic E-state index is 7.25. The number of hydrogen-bond acceptors (Lipinski definition) is 3. The minimum atomic E-state index is 0.279. The zero-order valence-corrected chi connectivity index (χ0v) is 5.58. The summed E-state index contributed by atoms with van der Waals surface area (Å²) in [5.74, 6) is 0. The zero-order chi connectivity index (χ0) is 7.84.